The molecule has 1 aromatic rings. The number of halogens is 1. The second-order valence-corrected chi connectivity index (χ2v) is 4.40. The van der Waals surface area contributed by atoms with Crippen molar-refractivity contribution in [3.05, 3.63) is 23.2 Å². The molecule has 0 atom stereocenters. The van der Waals surface area contributed by atoms with E-state index in [4.69, 9.17) is 21.4 Å². The van der Waals surface area contributed by atoms with Gasteiger partial charge in [0.15, 0.2) is 0 Å². The molecule has 0 unspecified atom stereocenters. The lowest BCUT2D eigenvalue weighted by atomic mass is 10.3. The van der Waals surface area contributed by atoms with Crippen LogP contribution in [0.3, 0.4) is 0 Å². The first-order chi connectivity index (χ1) is 9.10. The molecule has 0 bridgehead atoms. The van der Waals surface area contributed by atoms with E-state index >= 15 is 0 Å². The van der Waals surface area contributed by atoms with Crippen LogP contribution in [0.2, 0.25) is 5.02 Å². The summed E-state index contributed by atoms with van der Waals surface area (Å²) in [6, 6.07) is 5.06. The standard InChI is InChI=1S/C13H19ClN2O3/c1-3-16(6-7-17)9-13(18)15-10-4-5-12(19-2)11(14)8-10/h4-5,8,17H,3,6-7,9H2,1-2H3,(H,15,18). The van der Waals surface area contributed by atoms with Gasteiger partial charge in [0, 0.05) is 12.2 Å². The maximum absolute atomic E-state index is 11.8. The molecule has 19 heavy (non-hydrogen) atoms. The highest BCUT2D eigenvalue weighted by Gasteiger charge is 2.09. The highest BCUT2D eigenvalue weighted by molar-refractivity contribution is 6.32. The smallest absolute Gasteiger partial charge is 0.238 e. The van der Waals surface area contributed by atoms with Crippen LogP contribution in [0, 0.1) is 0 Å². The molecular weight excluding hydrogens is 268 g/mol. The summed E-state index contributed by atoms with van der Waals surface area (Å²) in [7, 11) is 1.54. The summed E-state index contributed by atoms with van der Waals surface area (Å²) in [5.41, 5.74) is 0.621. The van der Waals surface area contributed by atoms with Crippen molar-refractivity contribution in [2.24, 2.45) is 0 Å². The highest BCUT2D eigenvalue weighted by atomic mass is 35.5. The summed E-state index contributed by atoms with van der Waals surface area (Å²) >= 11 is 5.98. The number of hydrogen-bond donors (Lipinski definition) is 2. The van der Waals surface area contributed by atoms with Crippen LogP contribution in [0.25, 0.3) is 0 Å². The van der Waals surface area contributed by atoms with Crippen molar-refractivity contribution >= 4 is 23.2 Å². The van der Waals surface area contributed by atoms with E-state index in [1.165, 1.54) is 7.11 Å². The van der Waals surface area contributed by atoms with Crippen LogP contribution in [0.4, 0.5) is 5.69 Å². The number of aliphatic hydroxyl groups is 1. The zero-order valence-corrected chi connectivity index (χ0v) is 11.9. The van der Waals surface area contributed by atoms with Crippen molar-refractivity contribution in [1.29, 1.82) is 0 Å². The van der Waals surface area contributed by atoms with Gasteiger partial charge >= 0.3 is 0 Å². The molecule has 0 saturated heterocycles. The minimum absolute atomic E-state index is 0.0372. The van der Waals surface area contributed by atoms with E-state index in [0.29, 0.717) is 29.5 Å². The van der Waals surface area contributed by atoms with Gasteiger partial charge < -0.3 is 15.2 Å². The fraction of sp³-hybridized carbons (Fsp3) is 0.462. The number of aliphatic hydroxyl groups excluding tert-OH is 1. The highest BCUT2D eigenvalue weighted by Crippen LogP contribution is 2.27. The van der Waals surface area contributed by atoms with Gasteiger partial charge in [0.1, 0.15) is 5.75 Å². The Hall–Kier alpha value is -1.30. The van der Waals surface area contributed by atoms with Crippen LogP contribution in [0.5, 0.6) is 5.75 Å². The predicted molar refractivity (Wildman–Crippen MR) is 75.8 cm³/mol. The van der Waals surface area contributed by atoms with E-state index in [2.05, 4.69) is 5.32 Å². The summed E-state index contributed by atoms with van der Waals surface area (Å²) in [5, 5.41) is 12.1. The maximum Gasteiger partial charge on any atom is 0.238 e. The summed E-state index contributed by atoms with van der Waals surface area (Å²) in [6.45, 7) is 3.40. The maximum atomic E-state index is 11.8. The fourth-order valence-electron chi connectivity index (χ4n) is 1.64. The molecule has 1 rings (SSSR count). The van der Waals surface area contributed by atoms with Crippen LogP contribution < -0.4 is 10.1 Å². The molecule has 0 fully saturated rings. The lowest BCUT2D eigenvalue weighted by molar-refractivity contribution is -0.117. The van der Waals surface area contributed by atoms with Crippen molar-refractivity contribution in [3.63, 3.8) is 0 Å². The Morgan fingerprint density at radius 3 is 2.79 bits per heavy atom. The zero-order valence-electron chi connectivity index (χ0n) is 11.1. The fourth-order valence-corrected chi connectivity index (χ4v) is 1.90. The number of carbonyl (C=O) groups excluding carboxylic acids is 1. The van der Waals surface area contributed by atoms with Crippen molar-refractivity contribution in [3.8, 4) is 5.75 Å². The van der Waals surface area contributed by atoms with E-state index < -0.39 is 0 Å². The molecule has 0 heterocycles. The van der Waals surface area contributed by atoms with E-state index in [9.17, 15) is 4.79 Å². The minimum atomic E-state index is -0.142. The first kappa shape index (κ1) is 15.8. The molecule has 6 heteroatoms. The normalized spacial score (nSPS) is 10.6. The Kier molecular flexibility index (Phi) is 6.62. The van der Waals surface area contributed by atoms with Crippen LogP contribution >= 0.6 is 11.6 Å². The molecular formula is C13H19ClN2O3. The van der Waals surface area contributed by atoms with E-state index in [-0.39, 0.29) is 19.1 Å². The number of amides is 1. The topological polar surface area (TPSA) is 61.8 Å². The van der Waals surface area contributed by atoms with Crippen molar-refractivity contribution < 1.29 is 14.6 Å². The largest absolute Gasteiger partial charge is 0.495 e. The van der Waals surface area contributed by atoms with Crippen LogP contribution in [0.15, 0.2) is 18.2 Å². The second kappa shape index (κ2) is 7.99. The number of nitrogens with one attached hydrogen (secondary N) is 1. The van der Waals surface area contributed by atoms with Crippen LogP contribution in [-0.4, -0.2) is 49.3 Å². The molecule has 0 saturated carbocycles. The molecule has 0 aliphatic rings. The second-order valence-electron chi connectivity index (χ2n) is 3.99. The number of rotatable bonds is 7. The van der Waals surface area contributed by atoms with Crippen molar-refractivity contribution in [2.45, 2.75) is 6.92 Å². The Labute approximate surface area is 118 Å². The predicted octanol–water partition coefficient (Wildman–Crippen LogP) is 1.60. The molecule has 0 aliphatic heterocycles. The number of carbonyl (C=O) groups is 1. The molecule has 0 aromatic heterocycles. The molecule has 2 N–H and O–H groups in total. The van der Waals surface area contributed by atoms with Crippen molar-refractivity contribution in [2.75, 3.05) is 38.7 Å². The van der Waals surface area contributed by atoms with Gasteiger partial charge in [-0.1, -0.05) is 18.5 Å². The van der Waals surface area contributed by atoms with Gasteiger partial charge in [-0.3, -0.25) is 9.69 Å². The molecule has 1 aromatic carbocycles. The Morgan fingerprint density at radius 2 is 2.26 bits per heavy atom. The number of methoxy groups -OCH3 is 1. The Morgan fingerprint density at radius 1 is 1.53 bits per heavy atom. The van der Waals surface area contributed by atoms with E-state index in [1.807, 2.05) is 11.8 Å². The SMILES string of the molecule is CCN(CCO)CC(=O)Nc1ccc(OC)c(Cl)c1. The number of nitrogens with zero attached hydrogens (tertiary/aromatic N) is 1. The van der Waals surface area contributed by atoms with Gasteiger partial charge in [0.25, 0.3) is 0 Å². The third kappa shape index (κ3) is 5.06. The van der Waals surface area contributed by atoms with Gasteiger partial charge in [0.05, 0.1) is 25.3 Å². The van der Waals surface area contributed by atoms with Gasteiger partial charge in [-0.25, -0.2) is 0 Å². The van der Waals surface area contributed by atoms with Crippen LogP contribution in [0.1, 0.15) is 6.92 Å². The monoisotopic (exact) mass is 286 g/mol. The summed E-state index contributed by atoms with van der Waals surface area (Å²) in [5.74, 6) is 0.423. The number of benzene rings is 1. The van der Waals surface area contributed by atoms with Crippen LogP contribution in [-0.2, 0) is 4.79 Å². The average molecular weight is 287 g/mol. The quantitative estimate of drug-likeness (QED) is 0.799. The third-order valence-corrected chi connectivity index (χ3v) is 2.96. The summed E-state index contributed by atoms with van der Waals surface area (Å²) < 4.78 is 5.04. The molecule has 0 aliphatic carbocycles. The Balaban J connectivity index is 2.59. The number of likely N-dealkylation sites (N-methyl/N-ethyl adjacent to an activating group) is 1. The average Bonchev–Trinajstić information content (AvgIpc) is 2.38. The number of hydrogen-bond acceptors (Lipinski definition) is 4. The molecule has 0 spiro atoms. The minimum Gasteiger partial charge on any atom is -0.495 e. The van der Waals surface area contributed by atoms with E-state index in [0.717, 1.165) is 0 Å². The molecule has 0 radical (unpaired) electrons. The van der Waals surface area contributed by atoms with Crippen molar-refractivity contribution in [1.82, 2.24) is 4.90 Å². The van der Waals surface area contributed by atoms with Gasteiger partial charge in [-0.2, -0.15) is 0 Å². The number of anilines is 1. The van der Waals surface area contributed by atoms with Gasteiger partial charge in [-0.15, -0.1) is 0 Å². The molecule has 5 nitrogen and oxygen atoms in total. The lowest BCUT2D eigenvalue weighted by Gasteiger charge is -2.18. The third-order valence-electron chi connectivity index (χ3n) is 2.67. The first-order valence-electron chi connectivity index (χ1n) is 6.07. The molecule has 1 amide bonds. The van der Waals surface area contributed by atoms with Gasteiger partial charge in [-0.05, 0) is 24.7 Å². The molecule has 106 valence electrons. The summed E-state index contributed by atoms with van der Waals surface area (Å²) in [6.07, 6.45) is 0. The van der Waals surface area contributed by atoms with Gasteiger partial charge in [0.2, 0.25) is 5.91 Å². The van der Waals surface area contributed by atoms with E-state index in [1.54, 1.807) is 18.2 Å². The Bertz CT molecular complexity index is 426. The number of ether oxygens (including phenoxy) is 1. The first-order valence-corrected chi connectivity index (χ1v) is 6.45. The summed E-state index contributed by atoms with van der Waals surface area (Å²) in [4.78, 5) is 13.7. The zero-order chi connectivity index (χ0) is 14.3. The lowest BCUT2D eigenvalue weighted by Crippen LogP contribution is -2.35.